The summed E-state index contributed by atoms with van der Waals surface area (Å²) in [4.78, 5) is 27.8. The van der Waals surface area contributed by atoms with Crippen LogP contribution in [0.25, 0.3) is 0 Å². The van der Waals surface area contributed by atoms with E-state index in [0.717, 1.165) is 54.6 Å². The van der Waals surface area contributed by atoms with E-state index in [9.17, 15) is 9.59 Å². The van der Waals surface area contributed by atoms with Crippen molar-refractivity contribution in [1.29, 1.82) is 0 Å². The molecule has 34 heavy (non-hydrogen) atoms. The minimum atomic E-state index is -0.108. The third-order valence-electron chi connectivity index (χ3n) is 9.79. The van der Waals surface area contributed by atoms with Crippen molar-refractivity contribution >= 4 is 27.9 Å². The fraction of sp³-hybridized carbons (Fsp3) is 0.714. The number of carbonyl (C=O) groups excluding carboxylic acids is 2. The van der Waals surface area contributed by atoms with Crippen molar-refractivity contribution < 1.29 is 14.3 Å². The minimum Gasteiger partial charge on any atom is -0.466 e. The molecule has 4 bridgehead atoms. The quantitative estimate of drug-likeness (QED) is 0.494. The van der Waals surface area contributed by atoms with Crippen LogP contribution < -0.4 is 5.32 Å². The Morgan fingerprint density at radius 2 is 1.71 bits per heavy atom. The molecule has 7 rings (SSSR count). The van der Waals surface area contributed by atoms with Crippen molar-refractivity contribution in [1.82, 2.24) is 10.2 Å². The smallest absolute Gasteiger partial charge is 0.317 e. The van der Waals surface area contributed by atoms with E-state index >= 15 is 0 Å². The number of carbonyl (C=O) groups is 2. The fourth-order valence-corrected chi connectivity index (χ4v) is 9.69. The van der Waals surface area contributed by atoms with Crippen LogP contribution in [0.3, 0.4) is 0 Å². The second-order valence-electron chi connectivity index (χ2n) is 12.0. The standard InChI is InChI=1S/C28H37BrN2O3/c1-2-34-24(32)13-21-17-27(25-22(21)4-3-5-23(25)29)6-8-31(9-7-27)26(33)30-28-14-18-10-19(15-28)12-20(11-18)16-28/h3-5,18-21H,2,6-17H2,1H3,(H,30,33). The number of esters is 1. The van der Waals surface area contributed by atoms with Gasteiger partial charge in [0.1, 0.15) is 0 Å². The first-order valence-corrected chi connectivity index (χ1v) is 14.2. The van der Waals surface area contributed by atoms with Gasteiger partial charge in [-0.15, -0.1) is 0 Å². The van der Waals surface area contributed by atoms with Gasteiger partial charge in [0.2, 0.25) is 0 Å². The van der Waals surface area contributed by atoms with Gasteiger partial charge in [0.25, 0.3) is 0 Å². The van der Waals surface area contributed by atoms with Gasteiger partial charge < -0.3 is 15.0 Å². The van der Waals surface area contributed by atoms with E-state index in [4.69, 9.17) is 4.74 Å². The number of nitrogens with one attached hydrogen (secondary N) is 1. The molecule has 5 aliphatic carbocycles. The number of urea groups is 1. The number of likely N-dealkylation sites (tertiary alicyclic amines) is 1. The summed E-state index contributed by atoms with van der Waals surface area (Å²) in [5.41, 5.74) is 2.75. The van der Waals surface area contributed by atoms with Crippen LogP contribution in [0.1, 0.15) is 88.2 Å². The van der Waals surface area contributed by atoms with Gasteiger partial charge in [-0.05, 0) is 106 Å². The maximum Gasteiger partial charge on any atom is 0.317 e. The highest BCUT2D eigenvalue weighted by Gasteiger charge is 2.53. The predicted octanol–water partition coefficient (Wildman–Crippen LogP) is 5.90. The second kappa shape index (κ2) is 8.53. The molecule has 1 spiro atoms. The number of halogens is 1. The number of hydrogen-bond acceptors (Lipinski definition) is 3. The normalized spacial score (nSPS) is 34.8. The lowest BCUT2D eigenvalue weighted by atomic mass is 9.53. The first kappa shape index (κ1) is 22.9. The molecule has 1 heterocycles. The van der Waals surface area contributed by atoms with Crippen LogP contribution in [-0.4, -0.2) is 42.1 Å². The van der Waals surface area contributed by atoms with Crippen molar-refractivity contribution in [2.24, 2.45) is 17.8 Å². The summed E-state index contributed by atoms with van der Waals surface area (Å²) < 4.78 is 6.42. The number of benzene rings is 1. The zero-order chi connectivity index (χ0) is 23.5. The SMILES string of the molecule is CCOC(=O)CC1CC2(CCN(C(=O)NC34CC5CC(CC(C5)C3)C4)CC2)c2c(Br)cccc21. The molecule has 1 atom stereocenters. The van der Waals surface area contributed by atoms with Gasteiger partial charge in [0.05, 0.1) is 13.0 Å². The first-order valence-electron chi connectivity index (χ1n) is 13.4. The summed E-state index contributed by atoms with van der Waals surface area (Å²) in [7, 11) is 0. The molecule has 5 fully saturated rings. The molecule has 2 amide bonds. The Bertz CT molecular complexity index is 949. The zero-order valence-corrected chi connectivity index (χ0v) is 21.9. The predicted molar refractivity (Wildman–Crippen MR) is 135 cm³/mol. The Morgan fingerprint density at radius 3 is 2.32 bits per heavy atom. The van der Waals surface area contributed by atoms with E-state index < -0.39 is 0 Å². The van der Waals surface area contributed by atoms with Gasteiger partial charge in [0, 0.05) is 28.5 Å². The zero-order valence-electron chi connectivity index (χ0n) is 20.3. The van der Waals surface area contributed by atoms with Crippen molar-refractivity contribution in [2.45, 2.75) is 88.0 Å². The lowest BCUT2D eigenvalue weighted by Gasteiger charge is -2.57. The Hall–Kier alpha value is -1.56. The summed E-state index contributed by atoms with van der Waals surface area (Å²) in [5.74, 6) is 2.58. The summed E-state index contributed by atoms with van der Waals surface area (Å²) >= 11 is 3.82. The van der Waals surface area contributed by atoms with Gasteiger partial charge in [-0.1, -0.05) is 28.1 Å². The molecule has 4 saturated carbocycles. The van der Waals surface area contributed by atoms with E-state index in [1.54, 1.807) is 0 Å². The number of nitrogens with zero attached hydrogens (tertiary/aromatic N) is 1. The molecular weight excluding hydrogens is 492 g/mol. The summed E-state index contributed by atoms with van der Waals surface area (Å²) in [6.07, 6.45) is 11.1. The van der Waals surface area contributed by atoms with Crippen LogP contribution >= 0.6 is 15.9 Å². The van der Waals surface area contributed by atoms with Crippen LogP contribution in [0.5, 0.6) is 0 Å². The Morgan fingerprint density at radius 1 is 1.06 bits per heavy atom. The third-order valence-corrected chi connectivity index (χ3v) is 10.5. The van der Waals surface area contributed by atoms with Crippen molar-refractivity contribution in [3.8, 4) is 0 Å². The monoisotopic (exact) mass is 528 g/mol. The molecular formula is C28H37BrN2O3. The van der Waals surface area contributed by atoms with Crippen LogP contribution in [-0.2, 0) is 14.9 Å². The highest BCUT2D eigenvalue weighted by atomic mass is 79.9. The molecule has 1 aromatic carbocycles. The molecule has 0 radical (unpaired) electrons. The van der Waals surface area contributed by atoms with Gasteiger partial charge in [-0.3, -0.25) is 4.79 Å². The van der Waals surface area contributed by atoms with Crippen LogP contribution in [0.4, 0.5) is 4.79 Å². The molecule has 1 aliphatic heterocycles. The third kappa shape index (κ3) is 3.88. The number of ether oxygens (including phenoxy) is 1. The molecule has 1 unspecified atom stereocenters. The summed E-state index contributed by atoms with van der Waals surface area (Å²) in [5, 5.41) is 3.57. The maximum atomic E-state index is 13.4. The fourth-order valence-electron chi connectivity index (χ4n) is 8.89. The second-order valence-corrected chi connectivity index (χ2v) is 12.9. The maximum absolute atomic E-state index is 13.4. The number of rotatable bonds is 4. The van der Waals surface area contributed by atoms with Gasteiger partial charge in [0.15, 0.2) is 0 Å². The van der Waals surface area contributed by atoms with Gasteiger partial charge in [-0.2, -0.15) is 0 Å². The first-order chi connectivity index (χ1) is 16.4. The van der Waals surface area contributed by atoms with E-state index in [2.05, 4.69) is 44.3 Å². The van der Waals surface area contributed by atoms with E-state index in [-0.39, 0.29) is 28.9 Å². The summed E-state index contributed by atoms with van der Waals surface area (Å²) in [6.45, 7) is 3.86. The highest BCUT2D eigenvalue weighted by molar-refractivity contribution is 9.10. The molecule has 1 aromatic rings. The largest absolute Gasteiger partial charge is 0.466 e. The van der Waals surface area contributed by atoms with Crippen molar-refractivity contribution in [2.75, 3.05) is 19.7 Å². The van der Waals surface area contributed by atoms with Crippen LogP contribution in [0, 0.1) is 17.8 Å². The summed E-state index contributed by atoms with van der Waals surface area (Å²) in [6, 6.07) is 6.54. The number of hydrogen-bond donors (Lipinski definition) is 1. The van der Waals surface area contributed by atoms with E-state index in [0.29, 0.717) is 13.0 Å². The van der Waals surface area contributed by atoms with Crippen molar-refractivity contribution in [3.63, 3.8) is 0 Å². The van der Waals surface area contributed by atoms with Gasteiger partial charge in [-0.25, -0.2) is 4.79 Å². The Labute approximate surface area is 211 Å². The topological polar surface area (TPSA) is 58.6 Å². The molecule has 1 N–H and O–H groups in total. The van der Waals surface area contributed by atoms with Gasteiger partial charge >= 0.3 is 12.0 Å². The Kier molecular flexibility index (Phi) is 5.74. The number of amides is 2. The van der Waals surface area contributed by atoms with Crippen LogP contribution in [0.15, 0.2) is 22.7 Å². The molecule has 1 saturated heterocycles. The number of piperidine rings is 1. The lowest BCUT2D eigenvalue weighted by molar-refractivity contribution is -0.143. The molecule has 6 aliphatic rings. The average molecular weight is 530 g/mol. The molecule has 5 nitrogen and oxygen atoms in total. The highest BCUT2D eigenvalue weighted by Crippen LogP contribution is 2.57. The van der Waals surface area contributed by atoms with Crippen molar-refractivity contribution in [3.05, 3.63) is 33.8 Å². The average Bonchev–Trinajstić information content (AvgIpc) is 3.07. The minimum absolute atomic E-state index is 0.0318. The van der Waals surface area contributed by atoms with Crippen LogP contribution in [0.2, 0.25) is 0 Å². The Balaban J connectivity index is 1.15. The number of fused-ring (bicyclic) bond motifs is 2. The lowest BCUT2D eigenvalue weighted by Crippen LogP contribution is -2.62. The van der Waals surface area contributed by atoms with E-state index in [1.807, 2.05) is 6.92 Å². The van der Waals surface area contributed by atoms with E-state index in [1.165, 1.54) is 49.7 Å². The molecule has 0 aromatic heterocycles. The molecule has 6 heteroatoms. The molecule has 184 valence electrons.